The van der Waals surface area contributed by atoms with Crippen molar-refractivity contribution in [1.82, 2.24) is 5.32 Å². The Morgan fingerprint density at radius 2 is 1.64 bits per heavy atom. The minimum Gasteiger partial charge on any atom is -0.495 e. The Hall–Kier alpha value is -2.82. The van der Waals surface area contributed by atoms with Crippen LogP contribution in [0.1, 0.15) is 29.8 Å². The molecule has 0 radical (unpaired) electrons. The lowest BCUT2D eigenvalue weighted by molar-refractivity contribution is -0.118. The molecule has 2 amide bonds. The van der Waals surface area contributed by atoms with Gasteiger partial charge in [0.15, 0.2) is 0 Å². The lowest BCUT2D eigenvalue weighted by Crippen LogP contribution is -2.47. The number of methoxy groups -OCH3 is 1. The van der Waals surface area contributed by atoms with Gasteiger partial charge in [-0.25, -0.2) is 0 Å². The van der Waals surface area contributed by atoms with E-state index in [1.165, 1.54) is 0 Å². The maximum atomic E-state index is 12.7. The van der Waals surface area contributed by atoms with Gasteiger partial charge in [0.25, 0.3) is 5.91 Å². The number of nitrogens with one attached hydrogen (secondary N) is 2. The Morgan fingerprint density at radius 1 is 1.00 bits per heavy atom. The molecule has 2 rings (SSSR count). The van der Waals surface area contributed by atoms with Crippen LogP contribution in [0.3, 0.4) is 0 Å². The van der Waals surface area contributed by atoms with Gasteiger partial charge in [0.2, 0.25) is 5.91 Å². The summed E-state index contributed by atoms with van der Waals surface area (Å²) in [5.41, 5.74) is 2.18. The summed E-state index contributed by atoms with van der Waals surface area (Å²) in [6.07, 6.45) is 0. The van der Waals surface area contributed by atoms with Gasteiger partial charge in [-0.15, -0.1) is 0 Å². The third kappa shape index (κ3) is 4.83. The molecule has 0 aliphatic heterocycles. The molecule has 5 nitrogen and oxygen atoms in total. The van der Waals surface area contributed by atoms with Crippen LogP contribution in [-0.4, -0.2) is 25.0 Å². The molecule has 0 saturated heterocycles. The van der Waals surface area contributed by atoms with Crippen molar-refractivity contribution >= 4 is 17.5 Å². The predicted octanol–water partition coefficient (Wildman–Crippen LogP) is 3.40. The summed E-state index contributed by atoms with van der Waals surface area (Å²) in [7, 11) is 1.55. The number of hydrogen-bond acceptors (Lipinski definition) is 3. The number of amides is 2. The van der Waals surface area contributed by atoms with Crippen molar-refractivity contribution in [2.45, 2.75) is 26.8 Å². The van der Waals surface area contributed by atoms with Gasteiger partial charge < -0.3 is 15.4 Å². The molecule has 25 heavy (non-hydrogen) atoms. The smallest absolute Gasteiger partial charge is 0.251 e. The minimum absolute atomic E-state index is 0.0656. The number of ether oxygens (including phenoxy) is 1. The summed E-state index contributed by atoms with van der Waals surface area (Å²) in [6.45, 7) is 5.74. The highest BCUT2D eigenvalue weighted by Crippen LogP contribution is 2.23. The molecule has 0 fully saturated rings. The monoisotopic (exact) mass is 340 g/mol. The molecule has 0 unspecified atom stereocenters. The van der Waals surface area contributed by atoms with Crippen LogP contribution in [-0.2, 0) is 4.79 Å². The first kappa shape index (κ1) is 18.5. The number of aryl methyl sites for hydroxylation is 1. The van der Waals surface area contributed by atoms with E-state index >= 15 is 0 Å². The molecule has 0 aliphatic carbocycles. The van der Waals surface area contributed by atoms with Crippen molar-refractivity contribution in [3.63, 3.8) is 0 Å². The molecule has 0 aromatic heterocycles. The van der Waals surface area contributed by atoms with Crippen molar-refractivity contribution in [3.8, 4) is 5.75 Å². The van der Waals surface area contributed by atoms with E-state index in [9.17, 15) is 9.59 Å². The SMILES string of the molecule is COc1ccccc1NC(=O)[C@@H](NC(=O)c1ccc(C)cc1)C(C)C. The molecule has 0 saturated carbocycles. The van der Waals surface area contributed by atoms with E-state index in [4.69, 9.17) is 4.74 Å². The average molecular weight is 340 g/mol. The Balaban J connectivity index is 2.12. The second-order valence-corrected chi connectivity index (χ2v) is 6.25. The molecule has 0 heterocycles. The fourth-order valence-electron chi connectivity index (χ4n) is 2.42. The Labute approximate surface area is 148 Å². The molecular formula is C20H24N2O3. The van der Waals surface area contributed by atoms with Crippen molar-refractivity contribution in [2.75, 3.05) is 12.4 Å². The van der Waals surface area contributed by atoms with Gasteiger partial charge in [0.1, 0.15) is 11.8 Å². The van der Waals surface area contributed by atoms with Crippen molar-refractivity contribution < 1.29 is 14.3 Å². The molecule has 1 atom stereocenters. The second kappa shape index (κ2) is 8.33. The fraction of sp³-hybridized carbons (Fsp3) is 0.300. The van der Waals surface area contributed by atoms with Crippen molar-refractivity contribution in [1.29, 1.82) is 0 Å². The van der Waals surface area contributed by atoms with Gasteiger partial charge in [-0.05, 0) is 37.1 Å². The summed E-state index contributed by atoms with van der Waals surface area (Å²) in [5, 5.41) is 5.65. The van der Waals surface area contributed by atoms with Crippen LogP contribution < -0.4 is 15.4 Å². The van der Waals surface area contributed by atoms with Crippen LogP contribution in [0.5, 0.6) is 5.75 Å². The summed E-state index contributed by atoms with van der Waals surface area (Å²) < 4.78 is 5.25. The first-order chi connectivity index (χ1) is 11.9. The van der Waals surface area contributed by atoms with Crippen LogP contribution in [0.4, 0.5) is 5.69 Å². The van der Waals surface area contributed by atoms with Crippen molar-refractivity contribution in [3.05, 3.63) is 59.7 Å². The molecule has 2 N–H and O–H groups in total. The molecule has 0 bridgehead atoms. The standard InChI is InChI=1S/C20H24N2O3/c1-13(2)18(22-19(23)15-11-9-14(3)10-12-15)20(24)21-16-7-5-6-8-17(16)25-4/h5-13,18H,1-4H3,(H,21,24)(H,22,23)/t18-/m0/s1. The van der Waals surface area contributed by atoms with Gasteiger partial charge in [0.05, 0.1) is 12.8 Å². The first-order valence-corrected chi connectivity index (χ1v) is 8.23. The number of benzene rings is 2. The number of carbonyl (C=O) groups is 2. The molecule has 5 heteroatoms. The van der Waals surface area contributed by atoms with Crippen LogP contribution >= 0.6 is 0 Å². The third-order valence-corrected chi connectivity index (χ3v) is 3.91. The van der Waals surface area contributed by atoms with E-state index < -0.39 is 6.04 Å². The van der Waals surface area contributed by atoms with Gasteiger partial charge in [0, 0.05) is 5.56 Å². The fourth-order valence-corrected chi connectivity index (χ4v) is 2.42. The number of anilines is 1. The van der Waals surface area contributed by atoms with E-state index in [-0.39, 0.29) is 17.7 Å². The molecular weight excluding hydrogens is 316 g/mol. The van der Waals surface area contributed by atoms with Gasteiger partial charge >= 0.3 is 0 Å². The lowest BCUT2D eigenvalue weighted by atomic mass is 10.0. The zero-order valence-corrected chi connectivity index (χ0v) is 15.0. The zero-order valence-electron chi connectivity index (χ0n) is 15.0. The summed E-state index contributed by atoms with van der Waals surface area (Å²) >= 11 is 0. The van der Waals surface area contributed by atoms with E-state index in [1.807, 2.05) is 45.0 Å². The van der Waals surface area contributed by atoms with Crippen LogP contribution in [0, 0.1) is 12.8 Å². The number of hydrogen-bond donors (Lipinski definition) is 2. The van der Waals surface area contributed by atoms with E-state index in [2.05, 4.69) is 10.6 Å². The topological polar surface area (TPSA) is 67.4 Å². The Bertz CT molecular complexity index is 739. The summed E-state index contributed by atoms with van der Waals surface area (Å²) in [4.78, 5) is 25.1. The van der Waals surface area contributed by atoms with Gasteiger partial charge in [-0.2, -0.15) is 0 Å². The summed E-state index contributed by atoms with van der Waals surface area (Å²) in [6, 6.07) is 13.8. The Kier molecular flexibility index (Phi) is 6.17. The quantitative estimate of drug-likeness (QED) is 0.847. The van der Waals surface area contributed by atoms with E-state index in [1.54, 1.807) is 31.4 Å². The largest absolute Gasteiger partial charge is 0.495 e. The maximum Gasteiger partial charge on any atom is 0.251 e. The van der Waals surface area contributed by atoms with Crippen LogP contribution in [0.2, 0.25) is 0 Å². The van der Waals surface area contributed by atoms with E-state index in [0.717, 1.165) is 5.56 Å². The lowest BCUT2D eigenvalue weighted by Gasteiger charge is -2.22. The van der Waals surface area contributed by atoms with Gasteiger partial charge in [-0.1, -0.05) is 43.7 Å². The normalized spacial score (nSPS) is 11.7. The number of para-hydroxylation sites is 2. The Morgan fingerprint density at radius 3 is 2.24 bits per heavy atom. The van der Waals surface area contributed by atoms with E-state index in [0.29, 0.717) is 17.0 Å². The van der Waals surface area contributed by atoms with Gasteiger partial charge in [-0.3, -0.25) is 9.59 Å². The highest BCUT2D eigenvalue weighted by atomic mass is 16.5. The first-order valence-electron chi connectivity index (χ1n) is 8.23. The maximum absolute atomic E-state index is 12.7. The average Bonchev–Trinajstić information content (AvgIpc) is 2.60. The molecule has 0 spiro atoms. The van der Waals surface area contributed by atoms with Crippen LogP contribution in [0.25, 0.3) is 0 Å². The number of rotatable bonds is 6. The predicted molar refractivity (Wildman–Crippen MR) is 98.9 cm³/mol. The summed E-state index contributed by atoms with van der Waals surface area (Å²) in [5.74, 6) is -0.0406. The highest BCUT2D eigenvalue weighted by molar-refractivity contribution is 6.01. The zero-order chi connectivity index (χ0) is 18.4. The second-order valence-electron chi connectivity index (χ2n) is 6.25. The molecule has 2 aromatic carbocycles. The van der Waals surface area contributed by atoms with Crippen LogP contribution in [0.15, 0.2) is 48.5 Å². The molecule has 2 aromatic rings. The minimum atomic E-state index is -0.654. The number of carbonyl (C=O) groups excluding carboxylic acids is 2. The van der Waals surface area contributed by atoms with Crippen molar-refractivity contribution in [2.24, 2.45) is 5.92 Å². The third-order valence-electron chi connectivity index (χ3n) is 3.91. The molecule has 0 aliphatic rings. The highest BCUT2D eigenvalue weighted by Gasteiger charge is 2.25. The molecule has 132 valence electrons.